The van der Waals surface area contributed by atoms with E-state index in [4.69, 9.17) is 4.74 Å². The highest BCUT2D eigenvalue weighted by atomic mass is 16.5. The molecule has 1 heterocycles. The Balaban J connectivity index is 1.97. The monoisotopic (exact) mass is 254 g/mol. The first kappa shape index (κ1) is 13.8. The summed E-state index contributed by atoms with van der Waals surface area (Å²) >= 11 is 0. The van der Waals surface area contributed by atoms with Crippen LogP contribution in [0.15, 0.2) is 0 Å². The Kier molecular flexibility index (Phi) is 4.62. The maximum Gasteiger partial charge on any atom is 0.326 e. The zero-order chi connectivity index (χ0) is 13.0. The molecule has 2 unspecified atom stereocenters. The summed E-state index contributed by atoms with van der Waals surface area (Å²) in [6.07, 6.45) is 6.90. The summed E-state index contributed by atoms with van der Waals surface area (Å²) in [6.45, 7) is 4.75. The van der Waals surface area contributed by atoms with Crippen molar-refractivity contribution in [2.45, 2.75) is 57.0 Å². The molecule has 2 aliphatic rings. The van der Waals surface area contributed by atoms with Crippen molar-refractivity contribution in [2.75, 3.05) is 26.7 Å². The third-order valence-corrected chi connectivity index (χ3v) is 4.54. The van der Waals surface area contributed by atoms with Crippen LogP contribution < -0.4 is 5.32 Å². The Bertz CT molecular complexity index is 290. The average molecular weight is 254 g/mol. The molecule has 4 heteroatoms. The molecule has 0 radical (unpaired) electrons. The predicted molar refractivity (Wildman–Crippen MR) is 71.5 cm³/mol. The summed E-state index contributed by atoms with van der Waals surface area (Å²) in [7, 11) is 1.88. The Labute approximate surface area is 110 Å². The summed E-state index contributed by atoms with van der Waals surface area (Å²) in [5.74, 6) is -0.0630. The van der Waals surface area contributed by atoms with Gasteiger partial charge < -0.3 is 15.0 Å². The molecule has 0 aromatic heterocycles. The molecular formula is C14H26N2O2. The van der Waals surface area contributed by atoms with E-state index in [1.807, 2.05) is 14.0 Å². The van der Waals surface area contributed by atoms with Crippen LogP contribution in [0, 0.1) is 0 Å². The van der Waals surface area contributed by atoms with Crippen molar-refractivity contribution in [3.63, 3.8) is 0 Å². The molecule has 1 aliphatic carbocycles. The second-order valence-corrected chi connectivity index (χ2v) is 5.55. The number of rotatable bonds is 4. The van der Waals surface area contributed by atoms with Gasteiger partial charge in [-0.1, -0.05) is 6.42 Å². The van der Waals surface area contributed by atoms with Crippen molar-refractivity contribution in [1.29, 1.82) is 0 Å². The van der Waals surface area contributed by atoms with Gasteiger partial charge in [0.1, 0.15) is 5.54 Å². The first-order chi connectivity index (χ1) is 8.72. The van der Waals surface area contributed by atoms with E-state index in [0.717, 1.165) is 19.3 Å². The molecule has 1 saturated carbocycles. The molecule has 4 nitrogen and oxygen atoms in total. The van der Waals surface area contributed by atoms with Crippen molar-refractivity contribution >= 4 is 5.97 Å². The van der Waals surface area contributed by atoms with Crippen molar-refractivity contribution in [2.24, 2.45) is 0 Å². The highest BCUT2D eigenvalue weighted by Crippen LogP contribution is 2.35. The van der Waals surface area contributed by atoms with Crippen LogP contribution in [0.3, 0.4) is 0 Å². The number of piperidine rings is 1. The minimum atomic E-state index is -0.432. The van der Waals surface area contributed by atoms with Crippen molar-refractivity contribution in [3.8, 4) is 0 Å². The van der Waals surface area contributed by atoms with Crippen molar-refractivity contribution in [1.82, 2.24) is 10.2 Å². The van der Waals surface area contributed by atoms with Gasteiger partial charge in [-0.15, -0.1) is 0 Å². The first-order valence-electron chi connectivity index (χ1n) is 7.32. The molecule has 1 saturated heterocycles. The quantitative estimate of drug-likeness (QED) is 0.773. The molecule has 0 aromatic carbocycles. The van der Waals surface area contributed by atoms with Crippen molar-refractivity contribution in [3.05, 3.63) is 0 Å². The average Bonchev–Trinajstić information content (AvgIpc) is 2.86. The minimum absolute atomic E-state index is 0.0630. The topological polar surface area (TPSA) is 41.6 Å². The smallest absolute Gasteiger partial charge is 0.326 e. The SMILES string of the molecule is CCOC(=O)C1(NC)CCC(N2CCCCC2)C1. The van der Waals surface area contributed by atoms with Gasteiger partial charge in [-0.3, -0.25) is 4.79 Å². The standard InChI is InChI=1S/C14H26N2O2/c1-3-18-13(17)14(15-2)8-7-12(11-14)16-9-5-4-6-10-16/h12,15H,3-11H2,1-2H3. The maximum absolute atomic E-state index is 12.1. The lowest BCUT2D eigenvalue weighted by molar-refractivity contribution is -0.151. The van der Waals surface area contributed by atoms with Crippen LogP contribution in [-0.4, -0.2) is 49.2 Å². The molecule has 104 valence electrons. The molecule has 2 atom stereocenters. The summed E-state index contributed by atoms with van der Waals surface area (Å²) in [6, 6.07) is 0.558. The molecule has 18 heavy (non-hydrogen) atoms. The van der Waals surface area contributed by atoms with Crippen molar-refractivity contribution < 1.29 is 9.53 Å². The van der Waals surface area contributed by atoms with Crippen LogP contribution in [0.5, 0.6) is 0 Å². The van der Waals surface area contributed by atoms with Crippen LogP contribution in [0.2, 0.25) is 0 Å². The van der Waals surface area contributed by atoms with Gasteiger partial charge in [-0.2, -0.15) is 0 Å². The number of hydrogen-bond acceptors (Lipinski definition) is 4. The third kappa shape index (κ3) is 2.69. The Morgan fingerprint density at radius 1 is 1.39 bits per heavy atom. The van der Waals surface area contributed by atoms with E-state index in [-0.39, 0.29) is 5.97 Å². The van der Waals surface area contributed by atoms with E-state index < -0.39 is 5.54 Å². The Morgan fingerprint density at radius 2 is 2.11 bits per heavy atom. The Morgan fingerprint density at radius 3 is 2.72 bits per heavy atom. The Hall–Kier alpha value is -0.610. The third-order valence-electron chi connectivity index (χ3n) is 4.54. The minimum Gasteiger partial charge on any atom is -0.465 e. The number of likely N-dealkylation sites (tertiary alicyclic amines) is 1. The van der Waals surface area contributed by atoms with Gasteiger partial charge in [0.05, 0.1) is 6.61 Å². The predicted octanol–water partition coefficient (Wildman–Crippen LogP) is 1.55. The second-order valence-electron chi connectivity index (χ2n) is 5.55. The molecule has 1 aliphatic heterocycles. The lowest BCUT2D eigenvalue weighted by Crippen LogP contribution is -2.51. The van der Waals surface area contributed by atoms with Gasteiger partial charge in [0.15, 0.2) is 0 Å². The number of nitrogens with one attached hydrogen (secondary N) is 1. The molecule has 1 N–H and O–H groups in total. The van der Waals surface area contributed by atoms with Gasteiger partial charge in [0, 0.05) is 6.04 Å². The summed E-state index contributed by atoms with van der Waals surface area (Å²) < 4.78 is 5.24. The number of likely N-dealkylation sites (N-methyl/N-ethyl adjacent to an activating group) is 1. The van der Waals surface area contributed by atoms with Crippen LogP contribution in [0.25, 0.3) is 0 Å². The molecule has 2 fully saturated rings. The van der Waals surface area contributed by atoms with E-state index in [0.29, 0.717) is 12.6 Å². The normalized spacial score (nSPS) is 33.6. The van der Waals surface area contributed by atoms with Gasteiger partial charge in [-0.25, -0.2) is 0 Å². The number of carbonyl (C=O) groups is 1. The summed E-state index contributed by atoms with van der Waals surface area (Å²) in [5.41, 5.74) is -0.432. The van der Waals surface area contributed by atoms with E-state index in [2.05, 4.69) is 10.2 Å². The van der Waals surface area contributed by atoms with Crippen LogP contribution in [0.1, 0.15) is 45.4 Å². The number of ether oxygens (including phenoxy) is 1. The van der Waals surface area contributed by atoms with E-state index >= 15 is 0 Å². The maximum atomic E-state index is 12.1. The lowest BCUT2D eigenvalue weighted by atomic mass is 9.97. The number of hydrogen-bond donors (Lipinski definition) is 1. The van der Waals surface area contributed by atoms with Gasteiger partial charge >= 0.3 is 5.97 Å². The van der Waals surface area contributed by atoms with Crippen LogP contribution in [-0.2, 0) is 9.53 Å². The summed E-state index contributed by atoms with van der Waals surface area (Å²) in [4.78, 5) is 14.7. The fraction of sp³-hybridized carbons (Fsp3) is 0.929. The highest BCUT2D eigenvalue weighted by molar-refractivity contribution is 5.81. The fourth-order valence-corrected chi connectivity index (χ4v) is 3.40. The zero-order valence-corrected chi connectivity index (χ0v) is 11.7. The van der Waals surface area contributed by atoms with Gasteiger partial charge in [-0.05, 0) is 59.2 Å². The summed E-state index contributed by atoms with van der Waals surface area (Å²) in [5, 5.41) is 3.23. The molecule has 0 amide bonds. The van der Waals surface area contributed by atoms with Gasteiger partial charge in [0.2, 0.25) is 0 Å². The largest absolute Gasteiger partial charge is 0.465 e. The lowest BCUT2D eigenvalue weighted by Gasteiger charge is -2.33. The molecule has 0 spiro atoms. The van der Waals surface area contributed by atoms with E-state index in [1.54, 1.807) is 0 Å². The molecule has 0 bridgehead atoms. The second kappa shape index (κ2) is 6.02. The molecular weight excluding hydrogens is 228 g/mol. The zero-order valence-electron chi connectivity index (χ0n) is 11.7. The number of esters is 1. The molecule has 0 aromatic rings. The number of nitrogens with zero attached hydrogens (tertiary/aromatic N) is 1. The fourth-order valence-electron chi connectivity index (χ4n) is 3.40. The van der Waals surface area contributed by atoms with Crippen LogP contribution >= 0.6 is 0 Å². The number of carbonyl (C=O) groups excluding carboxylic acids is 1. The van der Waals surface area contributed by atoms with Gasteiger partial charge in [0.25, 0.3) is 0 Å². The van der Waals surface area contributed by atoms with E-state index in [9.17, 15) is 4.79 Å². The van der Waals surface area contributed by atoms with E-state index in [1.165, 1.54) is 32.4 Å². The highest BCUT2D eigenvalue weighted by Gasteiger charge is 2.46. The molecule has 2 rings (SSSR count). The first-order valence-corrected chi connectivity index (χ1v) is 7.32. The van der Waals surface area contributed by atoms with Crippen LogP contribution in [0.4, 0.5) is 0 Å².